The average Bonchev–Trinajstić information content (AvgIpc) is 3.65. The number of phenols is 1. The summed E-state index contributed by atoms with van der Waals surface area (Å²) in [5.41, 5.74) is 0.243. The Morgan fingerprint density at radius 1 is 0.780 bits per heavy atom. The minimum atomic E-state index is -0.507. The maximum atomic E-state index is 12.1. The van der Waals surface area contributed by atoms with E-state index in [0.29, 0.717) is 47.6 Å². The fourth-order valence-corrected chi connectivity index (χ4v) is 5.14. The molecule has 50 heavy (non-hydrogen) atoms. The molecule has 0 aromatic heterocycles. The van der Waals surface area contributed by atoms with Crippen molar-refractivity contribution in [3.05, 3.63) is 36.4 Å². The third kappa shape index (κ3) is 12.4. The lowest BCUT2D eigenvalue weighted by atomic mass is 10.2. The highest BCUT2D eigenvalue weighted by Crippen LogP contribution is 2.33. The smallest absolute Gasteiger partial charge is 0.410 e. The van der Waals surface area contributed by atoms with E-state index in [-0.39, 0.29) is 68.2 Å². The normalized spacial score (nSPS) is 19.2. The summed E-state index contributed by atoms with van der Waals surface area (Å²) in [6.07, 6.45) is 1.24. The van der Waals surface area contributed by atoms with Crippen molar-refractivity contribution in [1.82, 2.24) is 9.80 Å². The number of nitrogens with zero attached hydrogens (tertiary/aromatic N) is 2. The molecule has 4 heterocycles. The summed E-state index contributed by atoms with van der Waals surface area (Å²) < 4.78 is 26.9. The molecule has 2 fully saturated rings. The number of likely N-dealkylation sites (tertiary alicyclic amines) is 2. The molecule has 3 N–H and O–H groups in total. The number of phenolic OH excluding ortho intramolecular Hbond substituents is 1. The second kappa shape index (κ2) is 16.9. The van der Waals surface area contributed by atoms with Gasteiger partial charge in [-0.3, -0.25) is 9.59 Å². The van der Waals surface area contributed by atoms with Crippen LogP contribution in [-0.2, 0) is 19.1 Å². The van der Waals surface area contributed by atoms with Gasteiger partial charge in [-0.2, -0.15) is 13.5 Å². The summed E-state index contributed by atoms with van der Waals surface area (Å²) in [5, 5.41) is 14.4. The maximum Gasteiger partial charge on any atom is 0.410 e. The summed E-state index contributed by atoms with van der Waals surface area (Å²) >= 11 is 0. The molecule has 15 heteroatoms. The van der Waals surface area contributed by atoms with Crippen LogP contribution < -0.4 is 24.8 Å². The van der Waals surface area contributed by atoms with Gasteiger partial charge in [0.05, 0.1) is 17.9 Å². The number of fused-ring (bicyclic) bond motifs is 2. The maximum absolute atomic E-state index is 12.1. The fraction of sp³-hybridized carbons (Fsp3) is 0.543. The first-order valence-electron chi connectivity index (χ1n) is 16.4. The molecule has 14 nitrogen and oxygen atoms in total. The van der Waals surface area contributed by atoms with Crippen LogP contribution in [0.1, 0.15) is 61.3 Å². The van der Waals surface area contributed by atoms with Crippen LogP contribution in [0.2, 0.25) is 0 Å². The SMILES string of the molecule is CC(C)(C)OC(=O)N1CC[C@H](Oc2ccc3c(c2)NC(=O)CO3)C1.C[C@@H]1CCN(C(=O)OC(C)(C)C)C1.O=C1COc2ccc(O)cc2N1.S. The van der Waals surface area contributed by atoms with E-state index in [1.165, 1.54) is 12.1 Å². The quantitative estimate of drug-likeness (QED) is 0.361. The summed E-state index contributed by atoms with van der Waals surface area (Å²) in [6.45, 7) is 16.2. The fourth-order valence-electron chi connectivity index (χ4n) is 5.14. The van der Waals surface area contributed by atoms with Crippen LogP contribution in [0.4, 0.5) is 21.0 Å². The van der Waals surface area contributed by atoms with E-state index < -0.39 is 5.60 Å². The molecule has 2 saturated heterocycles. The number of anilines is 2. The zero-order valence-electron chi connectivity index (χ0n) is 29.8. The standard InChI is InChI=1S/C17H22N2O5.C10H19NO2.C8H7NO3.H2S/c1-17(2,3)24-16(21)19-7-6-12(9-19)23-11-4-5-14-13(8-11)18-15(20)10-22-14;1-8-5-6-11(7-8)9(12)13-10(2,3)4;10-5-1-2-7-6(3-5)9-8(11)4-12-7;/h4-5,8,12H,6-7,9-10H2,1-3H3,(H,18,20);8H,5-7H2,1-4H3;1-3,10H,4H2,(H,9,11);1H2/t12-;8-;;/m01../s1. The first-order valence-corrected chi connectivity index (χ1v) is 16.4. The number of hydrogen-bond donors (Lipinski definition) is 3. The lowest BCUT2D eigenvalue weighted by molar-refractivity contribution is -0.119. The third-order valence-electron chi connectivity index (χ3n) is 7.35. The number of carbonyl (C=O) groups excluding carboxylic acids is 4. The summed E-state index contributed by atoms with van der Waals surface area (Å²) in [4.78, 5) is 49.2. The topological polar surface area (TPSA) is 165 Å². The number of benzene rings is 2. The van der Waals surface area contributed by atoms with Crippen molar-refractivity contribution >= 4 is 48.9 Å². The minimum Gasteiger partial charge on any atom is -0.508 e. The number of aromatic hydroxyl groups is 1. The predicted molar refractivity (Wildman–Crippen MR) is 192 cm³/mol. The van der Waals surface area contributed by atoms with E-state index in [2.05, 4.69) is 17.6 Å². The average molecular weight is 719 g/mol. The Morgan fingerprint density at radius 2 is 1.28 bits per heavy atom. The van der Waals surface area contributed by atoms with E-state index >= 15 is 0 Å². The minimum absolute atomic E-state index is 0. The van der Waals surface area contributed by atoms with Gasteiger partial charge in [0.25, 0.3) is 11.8 Å². The first kappa shape index (κ1) is 39.9. The summed E-state index contributed by atoms with van der Waals surface area (Å²) in [7, 11) is 0. The highest BCUT2D eigenvalue weighted by atomic mass is 32.1. The van der Waals surface area contributed by atoms with Gasteiger partial charge < -0.3 is 49.2 Å². The Hall–Kier alpha value is -4.53. The van der Waals surface area contributed by atoms with Crippen LogP contribution in [0.15, 0.2) is 36.4 Å². The van der Waals surface area contributed by atoms with Crippen molar-refractivity contribution in [2.45, 2.75) is 78.6 Å². The zero-order chi connectivity index (χ0) is 35.9. The van der Waals surface area contributed by atoms with E-state index in [4.69, 9.17) is 28.8 Å². The Kier molecular flexibility index (Phi) is 13.5. The second-order valence-corrected chi connectivity index (χ2v) is 14.3. The van der Waals surface area contributed by atoms with Gasteiger partial charge in [0, 0.05) is 38.2 Å². The Balaban J connectivity index is 0.000000220. The lowest BCUT2D eigenvalue weighted by Gasteiger charge is -2.24. The van der Waals surface area contributed by atoms with Crippen LogP contribution in [-0.4, -0.2) is 95.6 Å². The van der Waals surface area contributed by atoms with E-state index in [1.807, 2.05) is 41.5 Å². The highest BCUT2D eigenvalue weighted by molar-refractivity contribution is 7.59. The van der Waals surface area contributed by atoms with Crippen molar-refractivity contribution in [1.29, 1.82) is 0 Å². The van der Waals surface area contributed by atoms with E-state index in [1.54, 1.807) is 34.1 Å². The molecular formula is C35H50N4O10S. The number of nitrogens with one attached hydrogen (secondary N) is 2. The Labute approximate surface area is 300 Å². The number of rotatable bonds is 2. The molecule has 0 radical (unpaired) electrons. The van der Waals surface area contributed by atoms with Gasteiger partial charge in [-0.15, -0.1) is 0 Å². The van der Waals surface area contributed by atoms with Gasteiger partial charge in [-0.1, -0.05) is 6.92 Å². The van der Waals surface area contributed by atoms with Gasteiger partial charge in [-0.05, 0) is 78.1 Å². The first-order chi connectivity index (χ1) is 22.9. The second-order valence-electron chi connectivity index (χ2n) is 14.3. The van der Waals surface area contributed by atoms with Crippen molar-refractivity contribution < 1.29 is 48.0 Å². The monoisotopic (exact) mass is 718 g/mol. The molecule has 2 aromatic rings. The Bertz CT molecular complexity index is 1520. The molecule has 0 aliphatic carbocycles. The molecular weight excluding hydrogens is 668 g/mol. The molecule has 2 aromatic carbocycles. The van der Waals surface area contributed by atoms with Crippen LogP contribution in [0.3, 0.4) is 0 Å². The molecule has 4 amide bonds. The van der Waals surface area contributed by atoms with Crippen LogP contribution in [0.5, 0.6) is 23.0 Å². The van der Waals surface area contributed by atoms with Crippen LogP contribution in [0, 0.1) is 5.92 Å². The van der Waals surface area contributed by atoms with Crippen molar-refractivity contribution in [3.63, 3.8) is 0 Å². The van der Waals surface area contributed by atoms with Crippen LogP contribution >= 0.6 is 13.5 Å². The predicted octanol–water partition coefficient (Wildman–Crippen LogP) is 5.50. The highest BCUT2D eigenvalue weighted by Gasteiger charge is 2.31. The van der Waals surface area contributed by atoms with Gasteiger partial charge in [0.15, 0.2) is 13.2 Å². The molecule has 4 aliphatic heterocycles. The number of amides is 4. The number of carbonyl (C=O) groups is 4. The lowest BCUT2D eigenvalue weighted by Crippen LogP contribution is -2.36. The van der Waals surface area contributed by atoms with Gasteiger partial charge >= 0.3 is 12.2 Å². The van der Waals surface area contributed by atoms with Gasteiger partial charge in [0.2, 0.25) is 0 Å². The molecule has 0 bridgehead atoms. The van der Waals surface area contributed by atoms with Crippen molar-refractivity contribution in [2.24, 2.45) is 5.92 Å². The third-order valence-corrected chi connectivity index (χ3v) is 7.35. The van der Waals surface area contributed by atoms with Gasteiger partial charge in [0.1, 0.15) is 40.3 Å². The zero-order valence-corrected chi connectivity index (χ0v) is 30.8. The molecule has 6 rings (SSSR count). The van der Waals surface area contributed by atoms with Crippen molar-refractivity contribution in [3.8, 4) is 23.0 Å². The Morgan fingerprint density at radius 3 is 1.80 bits per heavy atom. The molecule has 4 aliphatic rings. The molecule has 0 spiro atoms. The summed E-state index contributed by atoms with van der Waals surface area (Å²) in [6, 6.07) is 9.88. The molecule has 0 saturated carbocycles. The van der Waals surface area contributed by atoms with Crippen molar-refractivity contribution in [2.75, 3.05) is 50.0 Å². The molecule has 2 atom stereocenters. The number of ether oxygens (including phenoxy) is 5. The van der Waals surface area contributed by atoms with Gasteiger partial charge in [-0.25, -0.2) is 9.59 Å². The molecule has 276 valence electrons. The number of hydrogen-bond acceptors (Lipinski definition) is 10. The van der Waals surface area contributed by atoms with E-state index in [9.17, 15) is 19.2 Å². The van der Waals surface area contributed by atoms with E-state index in [0.717, 1.165) is 25.9 Å². The van der Waals surface area contributed by atoms with Crippen LogP contribution in [0.25, 0.3) is 0 Å². The molecule has 0 unspecified atom stereocenters. The largest absolute Gasteiger partial charge is 0.508 e. The summed E-state index contributed by atoms with van der Waals surface area (Å²) in [5.74, 6) is 2.20.